The van der Waals surface area contributed by atoms with E-state index in [1.165, 1.54) is 10.5 Å². The van der Waals surface area contributed by atoms with Gasteiger partial charge in [0.15, 0.2) is 0 Å². The van der Waals surface area contributed by atoms with Crippen molar-refractivity contribution < 1.29 is 4.79 Å². The quantitative estimate of drug-likeness (QED) is 0.896. The first-order chi connectivity index (χ1) is 9.22. The van der Waals surface area contributed by atoms with E-state index in [1.807, 2.05) is 36.4 Å². The molecule has 1 aliphatic rings. The van der Waals surface area contributed by atoms with Crippen LogP contribution in [0.25, 0.3) is 0 Å². The number of amides is 1. The van der Waals surface area contributed by atoms with Crippen molar-refractivity contribution in [3.63, 3.8) is 0 Å². The van der Waals surface area contributed by atoms with Crippen LogP contribution in [0.2, 0.25) is 0 Å². The van der Waals surface area contributed by atoms with Gasteiger partial charge < -0.3 is 5.32 Å². The number of halogens is 1. The molecule has 1 N–H and O–H groups in total. The van der Waals surface area contributed by atoms with Crippen LogP contribution in [0.1, 0.15) is 5.56 Å². The normalized spacial score (nSPS) is 17.0. The molecule has 0 saturated carbocycles. The second kappa shape index (κ2) is 5.39. The van der Waals surface area contributed by atoms with Gasteiger partial charge in [0.25, 0.3) is 0 Å². The van der Waals surface area contributed by atoms with Gasteiger partial charge in [0.1, 0.15) is 0 Å². The number of hydrogen-bond donors (Lipinski definition) is 1. The van der Waals surface area contributed by atoms with Gasteiger partial charge in [-0.15, -0.1) is 11.8 Å². The summed E-state index contributed by atoms with van der Waals surface area (Å²) in [7, 11) is 0. The molecule has 2 aromatic carbocycles. The fraction of sp³-hybridized carbons (Fsp3) is 0.133. The fourth-order valence-electron chi connectivity index (χ4n) is 2.12. The third kappa shape index (κ3) is 2.85. The van der Waals surface area contributed by atoms with Crippen molar-refractivity contribution in [2.24, 2.45) is 0 Å². The first-order valence-electron chi connectivity index (χ1n) is 6.03. The van der Waals surface area contributed by atoms with Gasteiger partial charge >= 0.3 is 0 Å². The zero-order valence-electron chi connectivity index (χ0n) is 10.1. The van der Waals surface area contributed by atoms with E-state index in [9.17, 15) is 4.79 Å². The van der Waals surface area contributed by atoms with Crippen LogP contribution in [0.4, 0.5) is 5.69 Å². The number of thioether (sulfide) groups is 1. The summed E-state index contributed by atoms with van der Waals surface area (Å²) in [6, 6.07) is 15.9. The van der Waals surface area contributed by atoms with E-state index < -0.39 is 0 Å². The molecule has 19 heavy (non-hydrogen) atoms. The highest BCUT2D eigenvalue weighted by Crippen LogP contribution is 2.37. The van der Waals surface area contributed by atoms with Crippen LogP contribution in [0.15, 0.2) is 57.9 Å². The van der Waals surface area contributed by atoms with Crippen molar-refractivity contribution in [2.75, 3.05) is 5.32 Å². The standard InChI is InChI=1S/C15H12BrNOS/c16-11-5-3-6-12(9-11)17-15(18)14-8-10-4-1-2-7-13(10)19-14/h1-7,9,14H,8H2,(H,17,18). The zero-order chi connectivity index (χ0) is 13.2. The van der Waals surface area contributed by atoms with Crippen molar-refractivity contribution in [2.45, 2.75) is 16.6 Å². The highest BCUT2D eigenvalue weighted by atomic mass is 79.9. The summed E-state index contributed by atoms with van der Waals surface area (Å²) >= 11 is 5.05. The minimum absolute atomic E-state index is 0.0311. The first kappa shape index (κ1) is 12.8. The average molecular weight is 334 g/mol. The molecule has 2 nitrogen and oxygen atoms in total. The van der Waals surface area contributed by atoms with E-state index in [1.54, 1.807) is 11.8 Å². The molecule has 2 aromatic rings. The van der Waals surface area contributed by atoms with Gasteiger partial charge in [0, 0.05) is 15.1 Å². The molecule has 0 aromatic heterocycles. The molecule has 1 unspecified atom stereocenters. The highest BCUT2D eigenvalue weighted by Gasteiger charge is 2.27. The first-order valence-corrected chi connectivity index (χ1v) is 7.70. The third-order valence-corrected chi connectivity index (χ3v) is 4.84. The number of benzene rings is 2. The zero-order valence-corrected chi connectivity index (χ0v) is 12.5. The van der Waals surface area contributed by atoms with E-state index in [0.29, 0.717) is 0 Å². The van der Waals surface area contributed by atoms with E-state index in [2.05, 4.69) is 33.4 Å². The van der Waals surface area contributed by atoms with Gasteiger partial charge in [0.2, 0.25) is 5.91 Å². The van der Waals surface area contributed by atoms with Crippen LogP contribution >= 0.6 is 27.7 Å². The lowest BCUT2D eigenvalue weighted by Crippen LogP contribution is -2.24. The topological polar surface area (TPSA) is 29.1 Å². The van der Waals surface area contributed by atoms with Crippen molar-refractivity contribution in [1.29, 1.82) is 0 Å². The predicted octanol–water partition coefficient (Wildman–Crippen LogP) is 4.10. The number of fused-ring (bicyclic) bond motifs is 1. The van der Waals surface area contributed by atoms with E-state index in [-0.39, 0.29) is 11.2 Å². The maximum Gasteiger partial charge on any atom is 0.238 e. The van der Waals surface area contributed by atoms with Crippen molar-refractivity contribution in [3.8, 4) is 0 Å². The van der Waals surface area contributed by atoms with Crippen molar-refractivity contribution in [1.82, 2.24) is 0 Å². The lowest BCUT2D eigenvalue weighted by atomic mass is 10.1. The number of rotatable bonds is 2. The number of carbonyl (C=O) groups excluding carboxylic acids is 1. The molecule has 0 bridgehead atoms. The summed E-state index contributed by atoms with van der Waals surface area (Å²) < 4.78 is 0.965. The average Bonchev–Trinajstić information content (AvgIpc) is 2.82. The summed E-state index contributed by atoms with van der Waals surface area (Å²) in [4.78, 5) is 13.5. The molecule has 0 radical (unpaired) electrons. The Morgan fingerprint density at radius 1 is 1.21 bits per heavy atom. The largest absolute Gasteiger partial charge is 0.325 e. The molecule has 1 atom stereocenters. The molecule has 1 aliphatic heterocycles. The van der Waals surface area contributed by atoms with Crippen molar-refractivity contribution in [3.05, 3.63) is 58.6 Å². The minimum Gasteiger partial charge on any atom is -0.325 e. The highest BCUT2D eigenvalue weighted by molar-refractivity contribution is 9.10. The summed E-state index contributed by atoms with van der Waals surface area (Å²) in [5.74, 6) is 0.0688. The van der Waals surface area contributed by atoms with Crippen LogP contribution < -0.4 is 5.32 Å². The van der Waals surface area contributed by atoms with Gasteiger partial charge in [-0.1, -0.05) is 40.2 Å². The summed E-state index contributed by atoms with van der Waals surface area (Å²) in [6.45, 7) is 0. The Morgan fingerprint density at radius 2 is 2.05 bits per heavy atom. The molecule has 0 aliphatic carbocycles. The smallest absolute Gasteiger partial charge is 0.238 e. The number of anilines is 1. The van der Waals surface area contributed by atoms with Crippen LogP contribution in [-0.2, 0) is 11.2 Å². The lowest BCUT2D eigenvalue weighted by molar-refractivity contribution is -0.115. The molecule has 3 rings (SSSR count). The SMILES string of the molecule is O=C(Nc1cccc(Br)c1)C1Cc2ccccc2S1. The van der Waals surface area contributed by atoms with E-state index in [4.69, 9.17) is 0 Å². The number of carbonyl (C=O) groups is 1. The van der Waals surface area contributed by atoms with Crippen molar-refractivity contribution >= 4 is 39.3 Å². The Bertz CT molecular complexity index is 604. The Labute approximate surface area is 124 Å². The van der Waals surface area contributed by atoms with Gasteiger partial charge in [-0.3, -0.25) is 4.79 Å². The van der Waals surface area contributed by atoms with Gasteiger partial charge in [-0.25, -0.2) is 0 Å². The van der Waals surface area contributed by atoms with E-state index >= 15 is 0 Å². The summed E-state index contributed by atoms with van der Waals surface area (Å²) in [5.41, 5.74) is 2.10. The Balaban J connectivity index is 1.70. The predicted molar refractivity (Wildman–Crippen MR) is 82.6 cm³/mol. The van der Waals surface area contributed by atoms with Gasteiger partial charge in [0.05, 0.1) is 5.25 Å². The third-order valence-electron chi connectivity index (χ3n) is 3.03. The second-order valence-electron chi connectivity index (χ2n) is 4.42. The van der Waals surface area contributed by atoms with Crippen LogP contribution in [0.5, 0.6) is 0 Å². The maximum atomic E-state index is 12.2. The molecule has 1 amide bonds. The number of hydrogen-bond acceptors (Lipinski definition) is 2. The molecule has 1 heterocycles. The number of nitrogens with one attached hydrogen (secondary N) is 1. The van der Waals surface area contributed by atoms with Gasteiger partial charge in [-0.2, -0.15) is 0 Å². The second-order valence-corrected chi connectivity index (χ2v) is 6.58. The molecule has 0 saturated heterocycles. The molecular weight excluding hydrogens is 322 g/mol. The van der Waals surface area contributed by atoms with Crippen LogP contribution in [0, 0.1) is 0 Å². The monoisotopic (exact) mass is 333 g/mol. The molecule has 4 heteroatoms. The van der Waals surface area contributed by atoms with E-state index in [0.717, 1.165) is 16.6 Å². The molecule has 96 valence electrons. The maximum absolute atomic E-state index is 12.2. The van der Waals surface area contributed by atoms with Gasteiger partial charge in [-0.05, 0) is 36.2 Å². The lowest BCUT2D eigenvalue weighted by Gasteiger charge is -2.10. The Hall–Kier alpha value is -1.26. The Kier molecular flexibility index (Phi) is 3.62. The molecule has 0 fully saturated rings. The fourth-order valence-corrected chi connectivity index (χ4v) is 3.71. The molecule has 0 spiro atoms. The minimum atomic E-state index is -0.0311. The molecular formula is C15H12BrNOS. The summed E-state index contributed by atoms with van der Waals surface area (Å²) in [5, 5.41) is 2.94. The Morgan fingerprint density at radius 3 is 2.84 bits per heavy atom. The van der Waals surface area contributed by atoms with Crippen LogP contribution in [-0.4, -0.2) is 11.2 Å². The van der Waals surface area contributed by atoms with Crippen LogP contribution in [0.3, 0.4) is 0 Å². The summed E-state index contributed by atoms with van der Waals surface area (Å²) in [6.07, 6.45) is 0.806.